The van der Waals surface area contributed by atoms with E-state index < -0.39 is 5.41 Å². The highest BCUT2D eigenvalue weighted by atomic mass is 16.7. The van der Waals surface area contributed by atoms with E-state index in [4.69, 9.17) is 18.9 Å². The van der Waals surface area contributed by atoms with Gasteiger partial charge in [-0.25, -0.2) is 0 Å². The highest BCUT2D eigenvalue weighted by Crippen LogP contribution is 2.26. The first-order valence-corrected chi connectivity index (χ1v) is 9.09. The molecule has 0 bridgehead atoms. The maximum atomic E-state index is 12.4. The predicted octanol–water partition coefficient (Wildman–Crippen LogP) is 4.53. The highest BCUT2D eigenvalue weighted by molar-refractivity contribution is 6.07. The summed E-state index contributed by atoms with van der Waals surface area (Å²) in [5.74, 6) is 1.29. The lowest BCUT2D eigenvalue weighted by Crippen LogP contribution is -2.24. The zero-order valence-electron chi connectivity index (χ0n) is 17.4. The normalized spacial score (nSPS) is 11.2. The van der Waals surface area contributed by atoms with E-state index in [1.165, 1.54) is 6.08 Å². The molecule has 6 nitrogen and oxygen atoms in total. The molecular formula is C23H26O6. The fraction of sp³-hybridized carbons (Fsp3) is 0.304. The molecule has 0 aromatic heterocycles. The number of hydrogen-bond donors (Lipinski definition) is 0. The molecule has 2 aromatic rings. The van der Waals surface area contributed by atoms with Gasteiger partial charge in [0.05, 0.1) is 19.6 Å². The molecule has 0 aliphatic carbocycles. The summed E-state index contributed by atoms with van der Waals surface area (Å²) in [6.45, 7) is 5.13. The molecule has 0 atom stereocenters. The van der Waals surface area contributed by atoms with Gasteiger partial charge in [0.25, 0.3) is 0 Å². The molecule has 0 unspecified atom stereocenters. The lowest BCUT2D eigenvalue weighted by atomic mass is 9.98. The van der Waals surface area contributed by atoms with Crippen molar-refractivity contribution in [1.82, 2.24) is 0 Å². The van der Waals surface area contributed by atoms with Crippen LogP contribution in [0.15, 0.2) is 48.5 Å². The van der Waals surface area contributed by atoms with Gasteiger partial charge < -0.3 is 18.9 Å². The Morgan fingerprint density at radius 3 is 2.17 bits per heavy atom. The van der Waals surface area contributed by atoms with Gasteiger partial charge in [0.2, 0.25) is 6.79 Å². The van der Waals surface area contributed by atoms with Crippen molar-refractivity contribution >= 4 is 17.8 Å². The van der Waals surface area contributed by atoms with Crippen LogP contribution in [0.4, 0.5) is 0 Å². The Hall–Kier alpha value is -3.28. The minimum Gasteiger partial charge on any atom is -0.497 e. The van der Waals surface area contributed by atoms with Crippen molar-refractivity contribution in [3.05, 3.63) is 59.7 Å². The Labute approximate surface area is 171 Å². The first-order chi connectivity index (χ1) is 13.7. The maximum absolute atomic E-state index is 12.4. The third-order valence-electron chi connectivity index (χ3n) is 4.02. The van der Waals surface area contributed by atoms with E-state index >= 15 is 0 Å². The summed E-state index contributed by atoms with van der Waals surface area (Å²) >= 11 is 0. The second-order valence-corrected chi connectivity index (χ2v) is 7.27. The summed E-state index contributed by atoms with van der Waals surface area (Å²) in [7, 11) is 3.14. The average Bonchev–Trinajstić information content (AvgIpc) is 2.71. The molecule has 0 N–H and O–H groups in total. The van der Waals surface area contributed by atoms with Crippen molar-refractivity contribution in [1.29, 1.82) is 0 Å². The van der Waals surface area contributed by atoms with Crippen LogP contribution < -0.4 is 14.2 Å². The Balaban J connectivity index is 1.97. The largest absolute Gasteiger partial charge is 0.497 e. The lowest BCUT2D eigenvalue weighted by Gasteiger charge is -2.16. The van der Waals surface area contributed by atoms with Crippen molar-refractivity contribution in [3.63, 3.8) is 0 Å². The zero-order valence-corrected chi connectivity index (χ0v) is 17.4. The quantitative estimate of drug-likeness (QED) is 0.282. The fourth-order valence-electron chi connectivity index (χ4n) is 2.30. The van der Waals surface area contributed by atoms with Crippen LogP contribution in [-0.2, 0) is 9.53 Å². The van der Waals surface area contributed by atoms with Gasteiger partial charge in [0, 0.05) is 17.2 Å². The van der Waals surface area contributed by atoms with Crippen molar-refractivity contribution in [3.8, 4) is 17.2 Å². The van der Waals surface area contributed by atoms with Crippen molar-refractivity contribution in [2.24, 2.45) is 5.41 Å². The van der Waals surface area contributed by atoms with Crippen LogP contribution in [-0.4, -0.2) is 32.8 Å². The van der Waals surface area contributed by atoms with Crippen LogP contribution in [0.25, 0.3) is 6.08 Å². The summed E-state index contributed by atoms with van der Waals surface area (Å²) in [5, 5.41) is 0. The van der Waals surface area contributed by atoms with E-state index in [9.17, 15) is 9.59 Å². The van der Waals surface area contributed by atoms with E-state index in [0.717, 1.165) is 5.56 Å². The number of hydrogen-bond acceptors (Lipinski definition) is 6. The van der Waals surface area contributed by atoms with Crippen LogP contribution >= 0.6 is 0 Å². The van der Waals surface area contributed by atoms with Gasteiger partial charge in [-0.2, -0.15) is 0 Å². The van der Waals surface area contributed by atoms with Gasteiger partial charge in [0.15, 0.2) is 5.78 Å². The third-order valence-corrected chi connectivity index (χ3v) is 4.02. The lowest BCUT2D eigenvalue weighted by molar-refractivity contribution is -0.159. The molecule has 0 heterocycles. The highest BCUT2D eigenvalue weighted by Gasteiger charge is 2.23. The SMILES string of the molecule is COc1ccc(/C=C/C(=O)c2ccc(OCOC(=O)C(C)(C)C)cc2)c(OC)c1. The number of rotatable bonds is 8. The summed E-state index contributed by atoms with van der Waals surface area (Å²) in [4.78, 5) is 24.1. The minimum absolute atomic E-state index is 0.159. The second kappa shape index (κ2) is 9.78. The van der Waals surface area contributed by atoms with E-state index in [0.29, 0.717) is 22.8 Å². The summed E-state index contributed by atoms with van der Waals surface area (Å²) < 4.78 is 20.9. The Bertz CT molecular complexity index is 875. The minimum atomic E-state index is -0.585. The smallest absolute Gasteiger partial charge is 0.314 e. The number of ether oxygens (including phenoxy) is 4. The standard InChI is InChI=1S/C23H26O6/c1-23(2,3)22(25)29-15-28-18-10-6-16(7-11-18)20(24)13-9-17-8-12-19(26-4)14-21(17)27-5/h6-14H,15H2,1-5H3/b13-9+. The third kappa shape index (κ3) is 6.38. The van der Waals surface area contributed by atoms with Crippen LogP contribution in [0.5, 0.6) is 17.2 Å². The van der Waals surface area contributed by atoms with E-state index in [1.54, 1.807) is 77.5 Å². The van der Waals surface area contributed by atoms with Crippen LogP contribution in [0.3, 0.4) is 0 Å². The summed E-state index contributed by atoms with van der Waals surface area (Å²) in [5.41, 5.74) is 0.688. The molecule has 0 saturated heterocycles. The Morgan fingerprint density at radius 1 is 0.931 bits per heavy atom. The van der Waals surface area contributed by atoms with Crippen LogP contribution in [0.2, 0.25) is 0 Å². The monoisotopic (exact) mass is 398 g/mol. The maximum Gasteiger partial charge on any atom is 0.314 e. The molecule has 29 heavy (non-hydrogen) atoms. The summed E-state index contributed by atoms with van der Waals surface area (Å²) in [6, 6.07) is 12.0. The average molecular weight is 398 g/mol. The van der Waals surface area contributed by atoms with E-state index in [-0.39, 0.29) is 18.5 Å². The molecule has 0 amide bonds. The number of carbonyl (C=O) groups excluding carboxylic acids is 2. The number of ketones is 1. The van der Waals surface area contributed by atoms with Gasteiger partial charge in [0.1, 0.15) is 17.2 Å². The Morgan fingerprint density at radius 2 is 1.59 bits per heavy atom. The van der Waals surface area contributed by atoms with Gasteiger partial charge in [-0.3, -0.25) is 9.59 Å². The molecule has 2 aromatic carbocycles. The molecule has 0 spiro atoms. The first kappa shape index (κ1) is 22.0. The number of allylic oxidation sites excluding steroid dienone is 1. The molecule has 2 rings (SSSR count). The van der Waals surface area contributed by atoms with Crippen LogP contribution in [0.1, 0.15) is 36.7 Å². The Kier molecular flexibility index (Phi) is 7.42. The van der Waals surface area contributed by atoms with Crippen molar-refractivity contribution < 1.29 is 28.5 Å². The van der Waals surface area contributed by atoms with Crippen molar-refractivity contribution in [2.75, 3.05) is 21.0 Å². The van der Waals surface area contributed by atoms with Gasteiger partial charge in [-0.15, -0.1) is 0 Å². The molecule has 154 valence electrons. The zero-order chi connectivity index (χ0) is 21.4. The second-order valence-electron chi connectivity index (χ2n) is 7.27. The molecule has 0 radical (unpaired) electrons. The topological polar surface area (TPSA) is 71.1 Å². The molecule has 0 aliphatic rings. The van der Waals surface area contributed by atoms with Crippen LogP contribution in [0, 0.1) is 5.41 Å². The predicted molar refractivity (Wildman–Crippen MR) is 110 cm³/mol. The molecule has 0 fully saturated rings. The fourth-order valence-corrected chi connectivity index (χ4v) is 2.30. The number of carbonyl (C=O) groups is 2. The van der Waals surface area contributed by atoms with E-state index in [2.05, 4.69) is 0 Å². The number of methoxy groups -OCH3 is 2. The summed E-state index contributed by atoms with van der Waals surface area (Å²) in [6.07, 6.45) is 3.17. The molecule has 0 aliphatic heterocycles. The van der Waals surface area contributed by atoms with Crippen molar-refractivity contribution in [2.45, 2.75) is 20.8 Å². The van der Waals surface area contributed by atoms with E-state index in [1.807, 2.05) is 6.07 Å². The first-order valence-electron chi connectivity index (χ1n) is 9.09. The number of esters is 1. The molecule has 6 heteroatoms. The molecule has 0 saturated carbocycles. The molecular weight excluding hydrogens is 372 g/mol. The van der Waals surface area contributed by atoms with Gasteiger partial charge in [-0.1, -0.05) is 0 Å². The van der Waals surface area contributed by atoms with Gasteiger partial charge in [-0.05, 0) is 69.3 Å². The number of benzene rings is 2. The van der Waals surface area contributed by atoms with Gasteiger partial charge >= 0.3 is 5.97 Å².